The summed E-state index contributed by atoms with van der Waals surface area (Å²) in [6, 6.07) is 6.18. The first kappa shape index (κ1) is 9.08. The van der Waals surface area contributed by atoms with Gasteiger partial charge in [0.1, 0.15) is 5.75 Å². The van der Waals surface area contributed by atoms with Crippen LogP contribution in [0.15, 0.2) is 12.1 Å². The van der Waals surface area contributed by atoms with Crippen molar-refractivity contribution in [3.63, 3.8) is 0 Å². The number of hydrogen-bond donors (Lipinski definition) is 1. The minimum Gasteiger partial charge on any atom is -0.507 e. The quantitative estimate of drug-likeness (QED) is 0.734. The van der Waals surface area contributed by atoms with Crippen LogP contribution in [0.5, 0.6) is 5.75 Å². The molecular weight excluding hydrogens is 174 g/mol. The number of nitrogens with zero attached hydrogens (tertiary/aromatic N) is 1. The van der Waals surface area contributed by atoms with Crippen LogP contribution in [0.25, 0.3) is 0 Å². The highest BCUT2D eigenvalue weighted by atomic mass is 16.3. The highest BCUT2D eigenvalue weighted by Crippen LogP contribution is 2.52. The molecule has 1 aromatic carbocycles. The molecule has 0 aromatic heterocycles. The van der Waals surface area contributed by atoms with Gasteiger partial charge in [0.25, 0.3) is 0 Å². The average molecular weight is 187 g/mol. The van der Waals surface area contributed by atoms with E-state index in [1.54, 1.807) is 0 Å². The molecule has 1 N–H and O–H groups in total. The largest absolute Gasteiger partial charge is 0.507 e. The number of phenolic OH excluding ortho intramolecular Hbond substituents is 1. The highest BCUT2D eigenvalue weighted by Gasteiger charge is 2.47. The maximum absolute atomic E-state index is 9.93. The molecule has 1 saturated carbocycles. The van der Waals surface area contributed by atoms with Crippen molar-refractivity contribution in [1.29, 1.82) is 5.26 Å². The Bertz CT molecular complexity index is 425. The van der Waals surface area contributed by atoms with Crippen LogP contribution in [-0.2, 0) is 5.41 Å². The third-order valence-corrected chi connectivity index (χ3v) is 3.03. The fraction of sp³-hybridized carbons (Fsp3) is 0.417. The van der Waals surface area contributed by atoms with E-state index < -0.39 is 0 Å². The van der Waals surface area contributed by atoms with E-state index in [0.717, 1.165) is 29.5 Å². The predicted molar refractivity (Wildman–Crippen MR) is 54.1 cm³/mol. The van der Waals surface area contributed by atoms with Gasteiger partial charge in [-0.15, -0.1) is 0 Å². The van der Waals surface area contributed by atoms with Crippen molar-refractivity contribution in [1.82, 2.24) is 0 Å². The first-order valence-electron chi connectivity index (χ1n) is 4.82. The Morgan fingerprint density at radius 2 is 1.86 bits per heavy atom. The van der Waals surface area contributed by atoms with Gasteiger partial charge in [0.2, 0.25) is 0 Å². The van der Waals surface area contributed by atoms with Gasteiger partial charge in [-0.1, -0.05) is 12.1 Å². The monoisotopic (exact) mass is 187 g/mol. The maximum atomic E-state index is 9.93. The molecule has 1 aliphatic rings. The number of benzene rings is 1. The molecule has 0 bridgehead atoms. The lowest BCUT2D eigenvalue weighted by atomic mass is 9.90. The molecule has 0 amide bonds. The van der Waals surface area contributed by atoms with Gasteiger partial charge in [-0.2, -0.15) is 5.26 Å². The Labute approximate surface area is 83.8 Å². The highest BCUT2D eigenvalue weighted by molar-refractivity contribution is 5.54. The summed E-state index contributed by atoms with van der Waals surface area (Å²) in [6.45, 7) is 3.82. The molecule has 0 saturated heterocycles. The molecule has 0 atom stereocenters. The lowest BCUT2D eigenvalue weighted by molar-refractivity contribution is 0.460. The fourth-order valence-electron chi connectivity index (χ4n) is 1.94. The van der Waals surface area contributed by atoms with Crippen LogP contribution in [0.2, 0.25) is 0 Å². The van der Waals surface area contributed by atoms with E-state index in [-0.39, 0.29) is 5.41 Å². The molecule has 1 fully saturated rings. The van der Waals surface area contributed by atoms with Gasteiger partial charge >= 0.3 is 0 Å². The molecule has 0 aliphatic heterocycles. The topological polar surface area (TPSA) is 44.0 Å². The number of aromatic hydroxyl groups is 1. The van der Waals surface area contributed by atoms with Gasteiger partial charge < -0.3 is 5.11 Å². The molecule has 0 spiro atoms. The number of phenols is 1. The molecule has 2 heteroatoms. The van der Waals surface area contributed by atoms with Crippen molar-refractivity contribution in [3.05, 3.63) is 28.8 Å². The third kappa shape index (κ3) is 1.09. The fourth-order valence-corrected chi connectivity index (χ4v) is 1.94. The summed E-state index contributed by atoms with van der Waals surface area (Å²) in [5.41, 5.74) is 2.33. The maximum Gasteiger partial charge on any atom is 0.123 e. The van der Waals surface area contributed by atoms with Crippen LogP contribution in [0.3, 0.4) is 0 Å². The molecule has 0 unspecified atom stereocenters. The van der Waals surface area contributed by atoms with Crippen molar-refractivity contribution < 1.29 is 5.11 Å². The van der Waals surface area contributed by atoms with Crippen LogP contribution in [0.1, 0.15) is 29.5 Å². The number of nitriles is 1. The minimum atomic E-state index is -0.389. The lowest BCUT2D eigenvalue weighted by Crippen LogP contribution is -2.06. The zero-order valence-electron chi connectivity index (χ0n) is 8.46. The van der Waals surface area contributed by atoms with Crippen molar-refractivity contribution in [2.75, 3.05) is 0 Å². The van der Waals surface area contributed by atoms with Gasteiger partial charge in [0.05, 0.1) is 11.5 Å². The van der Waals surface area contributed by atoms with Gasteiger partial charge in [0, 0.05) is 5.56 Å². The smallest absolute Gasteiger partial charge is 0.123 e. The van der Waals surface area contributed by atoms with Gasteiger partial charge in [-0.05, 0) is 37.8 Å². The molecule has 1 aliphatic carbocycles. The Morgan fingerprint density at radius 1 is 1.29 bits per heavy atom. The second-order valence-electron chi connectivity index (χ2n) is 4.12. The molecule has 14 heavy (non-hydrogen) atoms. The van der Waals surface area contributed by atoms with E-state index in [2.05, 4.69) is 6.07 Å². The SMILES string of the molecule is Cc1ccc(C)c(C2(C#N)CC2)c1O. The molecule has 2 rings (SSSR count). The normalized spacial score (nSPS) is 17.5. The van der Waals surface area contributed by atoms with E-state index in [0.29, 0.717) is 5.75 Å². The molecule has 0 radical (unpaired) electrons. The number of hydrogen-bond acceptors (Lipinski definition) is 2. The molecule has 72 valence electrons. The lowest BCUT2D eigenvalue weighted by Gasteiger charge is -2.14. The van der Waals surface area contributed by atoms with E-state index in [4.69, 9.17) is 5.26 Å². The first-order valence-corrected chi connectivity index (χ1v) is 4.82. The summed E-state index contributed by atoms with van der Waals surface area (Å²) in [5.74, 6) is 0.309. The zero-order valence-corrected chi connectivity index (χ0v) is 8.46. The van der Waals surface area contributed by atoms with Crippen LogP contribution in [0, 0.1) is 25.2 Å². The minimum absolute atomic E-state index is 0.309. The average Bonchev–Trinajstić information content (AvgIpc) is 2.93. The third-order valence-electron chi connectivity index (χ3n) is 3.03. The Kier molecular flexibility index (Phi) is 1.78. The molecular formula is C12H13NO. The number of aryl methyl sites for hydroxylation is 2. The van der Waals surface area contributed by atoms with Crippen molar-refractivity contribution in [2.45, 2.75) is 32.1 Å². The first-order chi connectivity index (χ1) is 6.60. The van der Waals surface area contributed by atoms with E-state index in [1.807, 2.05) is 26.0 Å². The van der Waals surface area contributed by atoms with Crippen LogP contribution in [0.4, 0.5) is 0 Å². The molecule has 2 nitrogen and oxygen atoms in total. The summed E-state index contributed by atoms with van der Waals surface area (Å²) in [4.78, 5) is 0. The standard InChI is InChI=1S/C12H13NO/c1-8-3-4-9(2)11(14)10(8)12(7-13)5-6-12/h3-4,14H,5-6H2,1-2H3. The number of rotatable bonds is 1. The summed E-state index contributed by atoms with van der Waals surface area (Å²) in [7, 11) is 0. The van der Waals surface area contributed by atoms with Gasteiger partial charge in [-0.3, -0.25) is 0 Å². The van der Waals surface area contributed by atoms with Crippen LogP contribution in [-0.4, -0.2) is 5.11 Å². The Hall–Kier alpha value is -1.49. The zero-order chi connectivity index (χ0) is 10.3. The predicted octanol–water partition coefficient (Wildman–Crippen LogP) is 2.56. The molecule has 0 heterocycles. The van der Waals surface area contributed by atoms with E-state index >= 15 is 0 Å². The van der Waals surface area contributed by atoms with Gasteiger partial charge in [-0.25, -0.2) is 0 Å². The summed E-state index contributed by atoms with van der Waals surface area (Å²) in [5, 5.41) is 19.0. The van der Waals surface area contributed by atoms with Crippen LogP contribution >= 0.6 is 0 Å². The van der Waals surface area contributed by atoms with E-state index in [1.165, 1.54) is 0 Å². The van der Waals surface area contributed by atoms with Crippen molar-refractivity contribution >= 4 is 0 Å². The Morgan fingerprint density at radius 3 is 2.36 bits per heavy atom. The van der Waals surface area contributed by atoms with Crippen molar-refractivity contribution in [3.8, 4) is 11.8 Å². The second-order valence-corrected chi connectivity index (χ2v) is 4.12. The summed E-state index contributed by atoms with van der Waals surface area (Å²) >= 11 is 0. The summed E-state index contributed by atoms with van der Waals surface area (Å²) < 4.78 is 0. The van der Waals surface area contributed by atoms with Crippen molar-refractivity contribution in [2.24, 2.45) is 0 Å². The van der Waals surface area contributed by atoms with E-state index in [9.17, 15) is 5.11 Å². The molecule has 1 aromatic rings. The summed E-state index contributed by atoms with van der Waals surface area (Å²) in [6.07, 6.45) is 1.75. The second kappa shape index (κ2) is 2.75. The Balaban J connectivity index is 2.64. The van der Waals surface area contributed by atoms with Gasteiger partial charge in [0.15, 0.2) is 0 Å². The van der Waals surface area contributed by atoms with Crippen LogP contribution < -0.4 is 0 Å².